The van der Waals surface area contributed by atoms with Crippen LogP contribution in [0.15, 0.2) is 0 Å². The van der Waals surface area contributed by atoms with E-state index in [0.29, 0.717) is 5.41 Å². The zero-order chi connectivity index (χ0) is 18.9. The van der Waals surface area contributed by atoms with Crippen molar-refractivity contribution in [3.8, 4) is 0 Å². The van der Waals surface area contributed by atoms with Crippen molar-refractivity contribution in [1.29, 1.82) is 0 Å². The molecular weight excluding hydrogens is 369 g/mol. The van der Waals surface area contributed by atoms with Gasteiger partial charge in [-0.25, -0.2) is 7.05 Å². The van der Waals surface area contributed by atoms with E-state index < -0.39 is 7.05 Å². The predicted molar refractivity (Wildman–Crippen MR) is 122 cm³/mol. The number of nitrogens with zero attached hydrogens (tertiary/aromatic N) is 1. The fourth-order valence-corrected chi connectivity index (χ4v) is 9.93. The van der Waals surface area contributed by atoms with Gasteiger partial charge in [0.1, 0.15) is 0 Å². The largest absolute Gasteiger partial charge is 4.00 e. The SMILES string of the molecule is CC(C)(C)P(=[N-])(C(C)(C)C)C(C)(C)C.CC(C)(C)[C]1[CH][CH][CH][CH]1.[CH3-].[CH3-].[Ti+4]. The molecule has 0 saturated heterocycles. The normalized spacial score (nSPS) is 16.5. The van der Waals surface area contributed by atoms with Crippen LogP contribution in [0.5, 0.6) is 0 Å². The summed E-state index contributed by atoms with van der Waals surface area (Å²) in [6.07, 6.45) is 8.50. The maximum atomic E-state index is 11.1. The van der Waals surface area contributed by atoms with Gasteiger partial charge in [-0.1, -0.05) is 83.1 Å². The molecule has 1 aliphatic rings. The summed E-state index contributed by atoms with van der Waals surface area (Å²) in [6.45, 7) is 26.1. The van der Waals surface area contributed by atoms with Gasteiger partial charge >= 0.3 is 21.7 Å². The van der Waals surface area contributed by atoms with Crippen LogP contribution < -0.4 is 0 Å². The van der Waals surface area contributed by atoms with E-state index in [2.05, 4.69) is 109 Å². The fourth-order valence-electron chi connectivity index (χ4n) is 3.89. The van der Waals surface area contributed by atoms with Gasteiger partial charge in [0.05, 0.1) is 0 Å². The van der Waals surface area contributed by atoms with E-state index in [4.69, 9.17) is 0 Å². The molecule has 0 aromatic heterocycles. The van der Waals surface area contributed by atoms with Gasteiger partial charge in [0.15, 0.2) is 0 Å². The Hall–Kier alpha value is 0.944. The van der Waals surface area contributed by atoms with E-state index in [1.54, 1.807) is 0 Å². The molecule has 151 valence electrons. The van der Waals surface area contributed by atoms with Crippen molar-refractivity contribution in [3.63, 3.8) is 0 Å². The van der Waals surface area contributed by atoms with Crippen molar-refractivity contribution in [3.05, 3.63) is 51.6 Å². The van der Waals surface area contributed by atoms with Gasteiger partial charge in [0, 0.05) is 0 Å². The van der Waals surface area contributed by atoms with E-state index in [1.807, 2.05) is 0 Å². The van der Waals surface area contributed by atoms with E-state index in [-0.39, 0.29) is 52.0 Å². The zero-order valence-corrected chi connectivity index (χ0v) is 22.7. The molecule has 0 aliphatic heterocycles. The molecule has 0 aromatic rings. The average molecular weight is 415 g/mol. The average Bonchev–Trinajstić information content (AvgIpc) is 2.76. The van der Waals surface area contributed by atoms with Crippen LogP contribution in [0.25, 0.3) is 5.16 Å². The van der Waals surface area contributed by atoms with Gasteiger partial charge in [0.25, 0.3) is 0 Å². The van der Waals surface area contributed by atoms with Crippen LogP contribution in [-0.4, -0.2) is 15.5 Å². The Morgan fingerprint density at radius 3 is 0.923 bits per heavy atom. The van der Waals surface area contributed by atoms with Gasteiger partial charge in [-0.05, 0) is 52.5 Å². The Bertz CT molecular complexity index is 365. The minimum atomic E-state index is -2.02. The third-order valence-corrected chi connectivity index (χ3v) is 10.3. The van der Waals surface area contributed by atoms with E-state index in [0.717, 1.165) is 0 Å². The zero-order valence-electron chi connectivity index (χ0n) is 20.2. The third-order valence-electron chi connectivity index (χ3n) is 4.44. The first kappa shape index (κ1) is 34.5. The van der Waals surface area contributed by atoms with Gasteiger partial charge in [-0.2, -0.15) is 0 Å². The summed E-state index contributed by atoms with van der Waals surface area (Å²) in [4.78, 5) is 0. The topological polar surface area (TPSA) is 22.3 Å². The summed E-state index contributed by atoms with van der Waals surface area (Å²) in [5.74, 6) is 1.42. The Kier molecular flexibility index (Phi) is 14.9. The maximum Gasteiger partial charge on any atom is 4.00 e. The number of hydrogen-bond acceptors (Lipinski definition) is 0. The van der Waals surface area contributed by atoms with Gasteiger partial charge < -0.3 is 20.0 Å². The maximum absolute atomic E-state index is 11.1. The van der Waals surface area contributed by atoms with Crippen molar-refractivity contribution in [2.75, 3.05) is 0 Å². The van der Waals surface area contributed by atoms with Crippen molar-refractivity contribution in [2.24, 2.45) is 5.41 Å². The molecule has 1 rings (SSSR count). The smallest absolute Gasteiger partial charge is 0.807 e. The fraction of sp³-hybridized carbons (Fsp3) is 0.696. The summed E-state index contributed by atoms with van der Waals surface area (Å²) in [5, 5.41) is 11.1. The molecule has 1 aliphatic carbocycles. The molecule has 3 heteroatoms. The van der Waals surface area contributed by atoms with Crippen LogP contribution in [0.4, 0.5) is 0 Å². The molecule has 0 spiro atoms. The van der Waals surface area contributed by atoms with Gasteiger partial charge in [-0.3, -0.25) is 0 Å². The molecule has 0 aromatic carbocycles. The molecule has 0 bridgehead atoms. The number of hydrogen-bond donors (Lipinski definition) is 0. The van der Waals surface area contributed by atoms with Gasteiger partial charge in [0.2, 0.25) is 0 Å². The van der Waals surface area contributed by atoms with E-state index in [9.17, 15) is 5.16 Å². The second-order valence-corrected chi connectivity index (χ2v) is 15.9. The van der Waals surface area contributed by atoms with E-state index in [1.165, 1.54) is 5.92 Å². The molecule has 0 N–H and O–H groups in total. The van der Waals surface area contributed by atoms with Crippen LogP contribution >= 0.6 is 7.05 Å². The summed E-state index contributed by atoms with van der Waals surface area (Å²) < 4.78 is 0. The quantitative estimate of drug-likeness (QED) is 0.215. The molecule has 26 heavy (non-hydrogen) atoms. The van der Waals surface area contributed by atoms with Crippen molar-refractivity contribution in [2.45, 2.75) is 98.6 Å². The minimum absolute atomic E-state index is 0. The molecular formula is C23H46NPTi+. The van der Waals surface area contributed by atoms with Crippen LogP contribution in [0, 0.1) is 51.9 Å². The Morgan fingerprint density at radius 2 is 0.846 bits per heavy atom. The first-order chi connectivity index (χ1) is 9.86. The minimum Gasteiger partial charge on any atom is -0.807 e. The van der Waals surface area contributed by atoms with Crippen LogP contribution in [0.3, 0.4) is 0 Å². The summed E-state index contributed by atoms with van der Waals surface area (Å²) in [6, 6.07) is 0. The van der Waals surface area contributed by atoms with Crippen LogP contribution in [-0.2, 0) is 21.7 Å². The molecule has 1 saturated carbocycles. The first-order valence-corrected chi connectivity index (χ1v) is 10.4. The van der Waals surface area contributed by atoms with E-state index >= 15 is 0 Å². The van der Waals surface area contributed by atoms with Crippen LogP contribution in [0.2, 0.25) is 0 Å². The Labute approximate surface area is 184 Å². The second kappa shape index (κ2) is 11.2. The summed E-state index contributed by atoms with van der Waals surface area (Å²) in [7, 11) is -2.02. The van der Waals surface area contributed by atoms with Crippen LogP contribution in [0.1, 0.15) is 83.1 Å². The predicted octanol–water partition coefficient (Wildman–Crippen LogP) is 8.49. The summed E-state index contributed by atoms with van der Waals surface area (Å²) >= 11 is 0. The molecule has 0 heterocycles. The standard InChI is InChI=1S/C12H27NP.C9H13.2CH3.Ti/c1-10(2,3)14(13,11(4,5)6)12(7,8)9;1-9(2,3)8-6-4-5-7-8;;;/h1-9H3;4-7H,1-3H3;2*1H3;/q-1;;2*-1;+4. The first-order valence-electron chi connectivity index (χ1n) is 8.70. The Balaban J connectivity index is -0.000000177. The Morgan fingerprint density at radius 1 is 0.615 bits per heavy atom. The van der Waals surface area contributed by atoms with Gasteiger partial charge in [-0.15, -0.1) is 0 Å². The molecule has 5 radical (unpaired) electrons. The van der Waals surface area contributed by atoms with Crippen molar-refractivity contribution < 1.29 is 21.7 Å². The second-order valence-electron chi connectivity index (χ2n) is 10.6. The van der Waals surface area contributed by atoms with Crippen molar-refractivity contribution in [1.82, 2.24) is 0 Å². The monoisotopic (exact) mass is 415 g/mol. The molecule has 0 unspecified atom stereocenters. The molecule has 1 nitrogen and oxygen atoms in total. The summed E-state index contributed by atoms with van der Waals surface area (Å²) in [5.41, 5.74) is 0.323. The molecule has 1 fully saturated rings. The number of rotatable bonds is 0. The van der Waals surface area contributed by atoms with Crippen molar-refractivity contribution >= 4 is 7.05 Å². The molecule has 0 atom stereocenters. The molecule has 0 amide bonds. The third kappa shape index (κ3) is 8.53.